The van der Waals surface area contributed by atoms with E-state index in [1.165, 1.54) is 11.1 Å². The van der Waals surface area contributed by atoms with Crippen molar-refractivity contribution in [2.45, 2.75) is 36.5 Å². The van der Waals surface area contributed by atoms with Crippen LogP contribution in [-0.2, 0) is 16.6 Å². The van der Waals surface area contributed by atoms with E-state index in [9.17, 15) is 5.11 Å². The van der Waals surface area contributed by atoms with Crippen molar-refractivity contribution < 1.29 is 14.6 Å². The van der Waals surface area contributed by atoms with Crippen LogP contribution >= 0.6 is 0 Å². The number of piperidine rings is 1. The summed E-state index contributed by atoms with van der Waals surface area (Å²) in [6.07, 6.45) is 6.53. The number of rotatable bonds is 1. The highest BCUT2D eigenvalue weighted by Crippen LogP contribution is 2.62. The van der Waals surface area contributed by atoms with E-state index >= 15 is 0 Å². The molecule has 4 aliphatic rings. The fourth-order valence-corrected chi connectivity index (χ4v) is 5.42. The Morgan fingerprint density at radius 2 is 2.23 bits per heavy atom. The number of aromatic hydroxyl groups is 1. The number of methoxy groups -OCH3 is 1. The highest BCUT2D eigenvalue weighted by Gasteiger charge is 2.64. The molecule has 4 nitrogen and oxygen atoms in total. The molecule has 22 heavy (non-hydrogen) atoms. The summed E-state index contributed by atoms with van der Waals surface area (Å²) in [6, 6.07) is 4.38. The van der Waals surface area contributed by atoms with Gasteiger partial charge >= 0.3 is 0 Å². The minimum atomic E-state index is -0.0435. The lowest BCUT2D eigenvalue weighted by Crippen LogP contribution is -2.65. The lowest BCUT2D eigenvalue weighted by molar-refractivity contribution is -0.0581. The molecule has 116 valence electrons. The fraction of sp³-hybridized carbons (Fsp3) is 0.556. The number of likely N-dealkylation sites (N-methyl/N-ethyl adjacent to an activating group) is 1. The van der Waals surface area contributed by atoms with Crippen molar-refractivity contribution in [1.29, 1.82) is 0 Å². The second-order valence-electron chi connectivity index (χ2n) is 7.14. The van der Waals surface area contributed by atoms with E-state index in [0.29, 0.717) is 17.7 Å². The maximum absolute atomic E-state index is 10.3. The van der Waals surface area contributed by atoms with Gasteiger partial charge in [-0.3, -0.25) is 0 Å². The summed E-state index contributed by atoms with van der Waals surface area (Å²) in [5.74, 6) is 1.42. The van der Waals surface area contributed by atoms with Crippen molar-refractivity contribution in [2.24, 2.45) is 5.92 Å². The molecule has 0 amide bonds. The normalized spacial score (nSPS) is 41.2. The lowest BCUT2D eigenvalue weighted by Gasteiger charge is -2.56. The van der Waals surface area contributed by atoms with Crippen molar-refractivity contribution in [3.63, 3.8) is 0 Å². The van der Waals surface area contributed by atoms with E-state index < -0.39 is 0 Å². The summed E-state index contributed by atoms with van der Waals surface area (Å²) in [5, 5.41) is 10.3. The van der Waals surface area contributed by atoms with Crippen LogP contribution in [0, 0.1) is 5.92 Å². The molecule has 1 spiro atoms. The average Bonchev–Trinajstić information content (AvgIpc) is 2.88. The molecule has 1 fully saturated rings. The van der Waals surface area contributed by atoms with Gasteiger partial charge in [-0.15, -0.1) is 0 Å². The van der Waals surface area contributed by atoms with E-state index in [0.717, 1.165) is 19.4 Å². The predicted octanol–water partition coefficient (Wildman–Crippen LogP) is 1.85. The van der Waals surface area contributed by atoms with E-state index in [2.05, 4.69) is 30.2 Å². The van der Waals surface area contributed by atoms with Crippen molar-refractivity contribution in [3.05, 3.63) is 35.4 Å². The van der Waals surface area contributed by atoms with Gasteiger partial charge in [0, 0.05) is 30.0 Å². The molecular weight excluding hydrogens is 278 g/mol. The topological polar surface area (TPSA) is 41.9 Å². The van der Waals surface area contributed by atoms with E-state index in [1.54, 1.807) is 13.2 Å². The van der Waals surface area contributed by atoms with Gasteiger partial charge in [-0.25, -0.2) is 0 Å². The van der Waals surface area contributed by atoms with Crippen LogP contribution in [0.5, 0.6) is 11.5 Å². The first-order chi connectivity index (χ1) is 10.7. The Morgan fingerprint density at radius 3 is 3.05 bits per heavy atom. The molecule has 2 unspecified atom stereocenters. The molecule has 2 heterocycles. The molecule has 2 aliphatic heterocycles. The average molecular weight is 299 g/mol. The highest BCUT2D eigenvalue weighted by molar-refractivity contribution is 5.61. The Labute approximate surface area is 130 Å². The predicted molar refractivity (Wildman–Crippen MR) is 82.4 cm³/mol. The van der Waals surface area contributed by atoms with Gasteiger partial charge in [0.05, 0.1) is 0 Å². The third kappa shape index (κ3) is 1.28. The summed E-state index contributed by atoms with van der Waals surface area (Å²) in [4.78, 5) is 2.48. The quantitative estimate of drug-likeness (QED) is 0.804. The SMILES string of the molecule is CO[C@H]1C=CC2[C@H]3Cc4ccc(O)c5c4[C@@]2(CCN3C)C1O5. The van der Waals surface area contributed by atoms with Crippen molar-refractivity contribution in [3.8, 4) is 11.5 Å². The number of benzene rings is 1. The Hall–Kier alpha value is -1.52. The monoisotopic (exact) mass is 299 g/mol. The molecule has 0 aromatic heterocycles. The molecule has 0 radical (unpaired) electrons. The summed E-state index contributed by atoms with van der Waals surface area (Å²) in [5.41, 5.74) is 2.57. The molecule has 1 aromatic carbocycles. The summed E-state index contributed by atoms with van der Waals surface area (Å²) < 4.78 is 12.0. The maximum Gasteiger partial charge on any atom is 0.165 e. The molecule has 2 aliphatic carbocycles. The largest absolute Gasteiger partial charge is 0.504 e. The van der Waals surface area contributed by atoms with Crippen LogP contribution < -0.4 is 4.74 Å². The second-order valence-corrected chi connectivity index (χ2v) is 7.14. The molecular formula is C18H21NO3. The molecule has 4 heteroatoms. The molecule has 1 aromatic rings. The van der Waals surface area contributed by atoms with Crippen molar-refractivity contribution >= 4 is 0 Å². The van der Waals surface area contributed by atoms with Gasteiger partial charge in [0.25, 0.3) is 0 Å². The molecule has 1 saturated heterocycles. The molecule has 5 atom stereocenters. The summed E-state index contributed by atoms with van der Waals surface area (Å²) in [7, 11) is 3.97. The minimum Gasteiger partial charge on any atom is -0.504 e. The first-order valence-electron chi connectivity index (χ1n) is 8.10. The fourth-order valence-electron chi connectivity index (χ4n) is 5.42. The van der Waals surface area contributed by atoms with Gasteiger partial charge in [-0.1, -0.05) is 18.2 Å². The van der Waals surface area contributed by atoms with Gasteiger partial charge in [0.2, 0.25) is 0 Å². The van der Waals surface area contributed by atoms with Gasteiger partial charge in [-0.05, 0) is 38.1 Å². The zero-order valence-corrected chi connectivity index (χ0v) is 13.0. The number of likely N-dealkylation sites (tertiary alicyclic amines) is 1. The van der Waals surface area contributed by atoms with Crippen LogP contribution in [0.2, 0.25) is 0 Å². The third-order valence-electron chi connectivity index (χ3n) is 6.40. The second kappa shape index (κ2) is 4.06. The van der Waals surface area contributed by atoms with Crippen LogP contribution in [0.25, 0.3) is 0 Å². The zero-order chi connectivity index (χ0) is 15.1. The number of phenolic OH excluding ortho intramolecular Hbond substituents is 1. The van der Waals surface area contributed by atoms with Gasteiger partial charge in [-0.2, -0.15) is 0 Å². The molecule has 1 N–H and O–H groups in total. The number of nitrogens with zero attached hydrogens (tertiary/aromatic N) is 1. The Kier molecular flexibility index (Phi) is 2.39. The smallest absolute Gasteiger partial charge is 0.165 e. The van der Waals surface area contributed by atoms with Gasteiger partial charge in [0.15, 0.2) is 11.5 Å². The maximum atomic E-state index is 10.3. The first kappa shape index (κ1) is 13.0. The van der Waals surface area contributed by atoms with Crippen LogP contribution in [-0.4, -0.2) is 49.0 Å². The minimum absolute atomic E-state index is 0.0222. The van der Waals surface area contributed by atoms with E-state index in [4.69, 9.17) is 9.47 Å². The zero-order valence-electron chi connectivity index (χ0n) is 13.0. The lowest BCUT2D eigenvalue weighted by atomic mass is 9.53. The number of ether oxygens (including phenoxy) is 2. The number of hydrogen-bond acceptors (Lipinski definition) is 4. The van der Waals surface area contributed by atoms with Crippen molar-refractivity contribution in [2.75, 3.05) is 20.7 Å². The summed E-state index contributed by atoms with van der Waals surface area (Å²) >= 11 is 0. The summed E-state index contributed by atoms with van der Waals surface area (Å²) in [6.45, 7) is 1.07. The Balaban J connectivity index is 1.81. The van der Waals surface area contributed by atoms with Crippen LogP contribution in [0.15, 0.2) is 24.3 Å². The van der Waals surface area contributed by atoms with Crippen molar-refractivity contribution in [1.82, 2.24) is 4.90 Å². The molecule has 0 saturated carbocycles. The Bertz CT molecular complexity index is 685. The standard InChI is InChI=1S/C18H21NO3/c1-19-8-7-18-11-4-6-14(21-2)17(18)22-16-13(20)5-3-10(15(16)18)9-12(11)19/h3-6,11-12,14,17,20H,7-9H2,1-2H3/t11?,12-,14+,17?,18+/m1/s1. The molecule has 5 rings (SSSR count). The first-order valence-corrected chi connectivity index (χ1v) is 8.10. The van der Waals surface area contributed by atoms with E-state index in [-0.39, 0.29) is 23.4 Å². The van der Waals surface area contributed by atoms with Gasteiger partial charge in [0.1, 0.15) is 12.2 Å². The Morgan fingerprint density at radius 1 is 1.36 bits per heavy atom. The van der Waals surface area contributed by atoms with Gasteiger partial charge < -0.3 is 19.5 Å². The molecule has 2 bridgehead atoms. The van der Waals surface area contributed by atoms with E-state index in [1.807, 2.05) is 0 Å². The van der Waals surface area contributed by atoms with Crippen LogP contribution in [0.4, 0.5) is 0 Å². The third-order valence-corrected chi connectivity index (χ3v) is 6.40. The van der Waals surface area contributed by atoms with Crippen LogP contribution in [0.1, 0.15) is 17.5 Å². The van der Waals surface area contributed by atoms with Crippen LogP contribution in [0.3, 0.4) is 0 Å². The number of hydrogen-bond donors (Lipinski definition) is 1. The highest BCUT2D eigenvalue weighted by atomic mass is 16.5. The number of phenols is 1.